The number of nitrogens with zero attached hydrogens (tertiary/aromatic N) is 3. The maximum atomic E-state index is 5.75. The van der Waals surface area contributed by atoms with Crippen LogP contribution in [0.2, 0.25) is 5.02 Å². The molecule has 0 saturated heterocycles. The summed E-state index contributed by atoms with van der Waals surface area (Å²) in [4.78, 5) is 4.15. The van der Waals surface area contributed by atoms with Crippen molar-refractivity contribution in [3.63, 3.8) is 0 Å². The van der Waals surface area contributed by atoms with Crippen LogP contribution in [0.3, 0.4) is 0 Å². The van der Waals surface area contributed by atoms with Crippen molar-refractivity contribution in [1.82, 2.24) is 14.8 Å². The van der Waals surface area contributed by atoms with Gasteiger partial charge in [-0.25, -0.2) is 4.98 Å². The summed E-state index contributed by atoms with van der Waals surface area (Å²) >= 11 is 5.75. The van der Waals surface area contributed by atoms with E-state index in [1.54, 1.807) is 12.3 Å². The van der Waals surface area contributed by atoms with Crippen molar-refractivity contribution in [3.05, 3.63) is 40.8 Å². The summed E-state index contributed by atoms with van der Waals surface area (Å²) < 4.78 is 1.89. The third-order valence-electron chi connectivity index (χ3n) is 2.24. The van der Waals surface area contributed by atoms with Gasteiger partial charge in [-0.2, -0.15) is 5.10 Å². The number of nitrogens with one attached hydrogen (secondary N) is 1. The Kier molecular flexibility index (Phi) is 3.10. The number of anilines is 1. The molecule has 0 aliphatic rings. The van der Waals surface area contributed by atoms with Gasteiger partial charge >= 0.3 is 0 Å². The summed E-state index contributed by atoms with van der Waals surface area (Å²) in [6, 6.07) is 5.68. The molecule has 0 aliphatic heterocycles. The lowest BCUT2D eigenvalue weighted by atomic mass is 10.4. The van der Waals surface area contributed by atoms with Crippen LogP contribution in [0.5, 0.6) is 0 Å². The molecular weight excluding hydrogens is 224 g/mol. The molecule has 2 aromatic rings. The van der Waals surface area contributed by atoms with Crippen molar-refractivity contribution in [2.24, 2.45) is 0 Å². The molecule has 2 aromatic heterocycles. The third kappa shape index (κ3) is 2.52. The number of rotatable bonds is 3. The van der Waals surface area contributed by atoms with Crippen LogP contribution < -0.4 is 5.32 Å². The van der Waals surface area contributed by atoms with Gasteiger partial charge in [-0.15, -0.1) is 0 Å². The minimum absolute atomic E-state index is 0.605. The standard InChI is InChI=1S/C11H13ClN4/c1-8-5-9(2)16(15-8)7-14-11-4-3-10(12)6-13-11/h3-6H,7H2,1-2H3,(H,13,14). The van der Waals surface area contributed by atoms with E-state index >= 15 is 0 Å². The molecular formula is C11H13ClN4. The summed E-state index contributed by atoms with van der Waals surface area (Å²) in [6.07, 6.45) is 1.62. The van der Waals surface area contributed by atoms with Crippen LogP contribution in [0.15, 0.2) is 24.4 Å². The van der Waals surface area contributed by atoms with Gasteiger partial charge in [-0.05, 0) is 32.0 Å². The quantitative estimate of drug-likeness (QED) is 0.891. The topological polar surface area (TPSA) is 42.7 Å². The molecule has 0 atom stereocenters. The predicted molar refractivity (Wildman–Crippen MR) is 64.6 cm³/mol. The Morgan fingerprint density at radius 2 is 2.19 bits per heavy atom. The van der Waals surface area contributed by atoms with E-state index in [0.717, 1.165) is 17.2 Å². The monoisotopic (exact) mass is 236 g/mol. The minimum Gasteiger partial charge on any atom is -0.351 e. The SMILES string of the molecule is Cc1cc(C)n(CNc2ccc(Cl)cn2)n1. The van der Waals surface area contributed by atoms with Crippen molar-refractivity contribution >= 4 is 17.4 Å². The number of pyridine rings is 1. The molecule has 4 nitrogen and oxygen atoms in total. The Morgan fingerprint density at radius 1 is 1.38 bits per heavy atom. The average molecular weight is 237 g/mol. The molecule has 0 aromatic carbocycles. The fraction of sp³-hybridized carbons (Fsp3) is 0.273. The van der Waals surface area contributed by atoms with Gasteiger partial charge in [0, 0.05) is 11.9 Å². The van der Waals surface area contributed by atoms with Gasteiger partial charge < -0.3 is 5.32 Å². The zero-order valence-electron chi connectivity index (χ0n) is 9.24. The molecule has 0 radical (unpaired) electrons. The molecule has 0 amide bonds. The van der Waals surface area contributed by atoms with Crippen molar-refractivity contribution in [1.29, 1.82) is 0 Å². The van der Waals surface area contributed by atoms with Crippen LogP contribution in [0.1, 0.15) is 11.4 Å². The van der Waals surface area contributed by atoms with E-state index in [0.29, 0.717) is 11.7 Å². The summed E-state index contributed by atoms with van der Waals surface area (Å²) in [5, 5.41) is 8.15. The lowest BCUT2D eigenvalue weighted by Gasteiger charge is -2.07. The Bertz CT molecular complexity index is 475. The van der Waals surface area contributed by atoms with Gasteiger partial charge in [-0.3, -0.25) is 4.68 Å². The van der Waals surface area contributed by atoms with E-state index in [-0.39, 0.29) is 0 Å². The fourth-order valence-electron chi connectivity index (χ4n) is 1.47. The highest BCUT2D eigenvalue weighted by molar-refractivity contribution is 6.30. The van der Waals surface area contributed by atoms with E-state index in [2.05, 4.69) is 15.4 Å². The number of aryl methyl sites for hydroxylation is 2. The molecule has 2 heterocycles. The van der Waals surface area contributed by atoms with E-state index < -0.39 is 0 Å². The molecule has 0 bridgehead atoms. The molecule has 0 saturated carbocycles. The number of hydrogen-bond acceptors (Lipinski definition) is 3. The van der Waals surface area contributed by atoms with E-state index in [1.165, 1.54) is 0 Å². The molecule has 0 unspecified atom stereocenters. The van der Waals surface area contributed by atoms with Crippen LogP contribution in [-0.4, -0.2) is 14.8 Å². The van der Waals surface area contributed by atoms with E-state index in [4.69, 9.17) is 11.6 Å². The predicted octanol–water partition coefficient (Wildman–Crippen LogP) is 2.62. The lowest BCUT2D eigenvalue weighted by molar-refractivity contribution is 0.642. The summed E-state index contributed by atoms with van der Waals surface area (Å²) in [7, 11) is 0. The van der Waals surface area contributed by atoms with Gasteiger partial charge in [0.05, 0.1) is 10.7 Å². The van der Waals surface area contributed by atoms with Crippen molar-refractivity contribution in [2.45, 2.75) is 20.5 Å². The molecule has 0 spiro atoms. The average Bonchev–Trinajstić information content (AvgIpc) is 2.57. The molecule has 0 aliphatic carbocycles. The van der Waals surface area contributed by atoms with Crippen LogP contribution >= 0.6 is 11.6 Å². The second-order valence-electron chi connectivity index (χ2n) is 3.62. The summed E-state index contributed by atoms with van der Waals surface area (Å²) in [6.45, 7) is 4.61. The maximum Gasteiger partial charge on any atom is 0.127 e. The number of aromatic nitrogens is 3. The first-order chi connectivity index (χ1) is 7.65. The zero-order chi connectivity index (χ0) is 11.5. The van der Waals surface area contributed by atoms with Crippen LogP contribution in [-0.2, 0) is 6.67 Å². The second kappa shape index (κ2) is 4.53. The molecule has 16 heavy (non-hydrogen) atoms. The Morgan fingerprint density at radius 3 is 2.75 bits per heavy atom. The van der Waals surface area contributed by atoms with Crippen molar-refractivity contribution in [3.8, 4) is 0 Å². The van der Waals surface area contributed by atoms with Gasteiger partial charge in [0.15, 0.2) is 0 Å². The molecule has 84 valence electrons. The highest BCUT2D eigenvalue weighted by Crippen LogP contribution is 2.10. The molecule has 1 N–H and O–H groups in total. The first kappa shape index (κ1) is 11.0. The lowest BCUT2D eigenvalue weighted by Crippen LogP contribution is -2.11. The van der Waals surface area contributed by atoms with Crippen LogP contribution in [0.25, 0.3) is 0 Å². The number of halogens is 1. The Labute approximate surface area is 99.3 Å². The van der Waals surface area contributed by atoms with Crippen LogP contribution in [0.4, 0.5) is 5.82 Å². The third-order valence-corrected chi connectivity index (χ3v) is 2.46. The normalized spacial score (nSPS) is 10.4. The second-order valence-corrected chi connectivity index (χ2v) is 4.06. The zero-order valence-corrected chi connectivity index (χ0v) is 9.99. The minimum atomic E-state index is 0.605. The van der Waals surface area contributed by atoms with Gasteiger partial charge in [0.1, 0.15) is 12.5 Å². The number of hydrogen-bond donors (Lipinski definition) is 1. The first-order valence-corrected chi connectivity index (χ1v) is 5.39. The van der Waals surface area contributed by atoms with Crippen molar-refractivity contribution in [2.75, 3.05) is 5.32 Å². The van der Waals surface area contributed by atoms with Crippen LogP contribution in [0, 0.1) is 13.8 Å². The van der Waals surface area contributed by atoms with E-state index in [9.17, 15) is 0 Å². The molecule has 5 heteroatoms. The smallest absolute Gasteiger partial charge is 0.127 e. The molecule has 2 rings (SSSR count). The fourth-order valence-corrected chi connectivity index (χ4v) is 1.58. The largest absolute Gasteiger partial charge is 0.351 e. The van der Waals surface area contributed by atoms with E-state index in [1.807, 2.05) is 30.7 Å². The van der Waals surface area contributed by atoms with Gasteiger partial charge in [0.25, 0.3) is 0 Å². The maximum absolute atomic E-state index is 5.75. The first-order valence-electron chi connectivity index (χ1n) is 5.01. The van der Waals surface area contributed by atoms with Gasteiger partial charge in [0.2, 0.25) is 0 Å². The highest BCUT2D eigenvalue weighted by Gasteiger charge is 2.00. The highest BCUT2D eigenvalue weighted by atomic mass is 35.5. The van der Waals surface area contributed by atoms with Crippen molar-refractivity contribution < 1.29 is 0 Å². The molecule has 0 fully saturated rings. The Hall–Kier alpha value is -1.55. The van der Waals surface area contributed by atoms with Gasteiger partial charge in [-0.1, -0.05) is 11.6 Å². The summed E-state index contributed by atoms with van der Waals surface area (Å²) in [5.41, 5.74) is 2.14. The summed E-state index contributed by atoms with van der Waals surface area (Å²) in [5.74, 6) is 0.789. The Balaban J connectivity index is 2.02.